The SMILES string of the molecule is CC[C@@H](C(=O)NCC(C)C)N(Cc1ccccc1C)C(=O)CN(c1cc(C)ccc1OC)S(=O)(=O)c1ccccc1. The number of methoxy groups -OCH3 is 1. The molecule has 0 aliphatic carbocycles. The Labute approximate surface area is 244 Å². The molecule has 0 saturated carbocycles. The van der Waals surface area contributed by atoms with Gasteiger partial charge in [0, 0.05) is 13.1 Å². The zero-order valence-electron chi connectivity index (χ0n) is 24.8. The van der Waals surface area contributed by atoms with Crippen LogP contribution in [0.2, 0.25) is 0 Å². The van der Waals surface area contributed by atoms with Gasteiger partial charge in [-0.25, -0.2) is 8.42 Å². The topological polar surface area (TPSA) is 96.0 Å². The molecule has 1 N–H and O–H groups in total. The number of benzene rings is 3. The van der Waals surface area contributed by atoms with Gasteiger partial charge < -0.3 is 15.0 Å². The summed E-state index contributed by atoms with van der Waals surface area (Å²) in [5, 5.41) is 2.95. The minimum atomic E-state index is -4.18. The Morgan fingerprint density at radius 3 is 2.22 bits per heavy atom. The fourth-order valence-corrected chi connectivity index (χ4v) is 5.98. The van der Waals surface area contributed by atoms with Gasteiger partial charge >= 0.3 is 0 Å². The van der Waals surface area contributed by atoms with Crippen molar-refractivity contribution in [3.63, 3.8) is 0 Å². The van der Waals surface area contributed by atoms with Crippen LogP contribution in [0, 0.1) is 19.8 Å². The van der Waals surface area contributed by atoms with Crippen molar-refractivity contribution < 1.29 is 22.7 Å². The van der Waals surface area contributed by atoms with Gasteiger partial charge in [0.2, 0.25) is 11.8 Å². The number of hydrogen-bond acceptors (Lipinski definition) is 5. The largest absolute Gasteiger partial charge is 0.495 e. The van der Waals surface area contributed by atoms with Gasteiger partial charge in [-0.05, 0) is 67.1 Å². The molecule has 0 aliphatic rings. The molecular formula is C32H41N3O5S. The summed E-state index contributed by atoms with van der Waals surface area (Å²) in [6, 6.07) is 20.0. The first-order valence-electron chi connectivity index (χ1n) is 13.8. The van der Waals surface area contributed by atoms with Crippen molar-refractivity contribution in [3.8, 4) is 5.75 Å². The Kier molecular flexibility index (Phi) is 10.9. The molecule has 0 radical (unpaired) electrons. The van der Waals surface area contributed by atoms with Crippen molar-refractivity contribution in [1.29, 1.82) is 0 Å². The lowest BCUT2D eigenvalue weighted by molar-refractivity contribution is -0.140. The van der Waals surface area contributed by atoms with E-state index in [2.05, 4.69) is 5.32 Å². The third kappa shape index (κ3) is 7.88. The van der Waals surface area contributed by atoms with E-state index in [1.165, 1.54) is 24.1 Å². The van der Waals surface area contributed by atoms with Crippen molar-refractivity contribution in [2.24, 2.45) is 5.92 Å². The number of nitrogens with zero attached hydrogens (tertiary/aromatic N) is 2. The smallest absolute Gasteiger partial charge is 0.264 e. The molecule has 0 saturated heterocycles. The lowest BCUT2D eigenvalue weighted by Gasteiger charge is -2.34. The van der Waals surface area contributed by atoms with E-state index in [0.717, 1.165) is 21.0 Å². The van der Waals surface area contributed by atoms with Gasteiger partial charge in [0.1, 0.15) is 18.3 Å². The van der Waals surface area contributed by atoms with Gasteiger partial charge in [0.25, 0.3) is 10.0 Å². The number of nitrogens with one attached hydrogen (secondary N) is 1. The van der Waals surface area contributed by atoms with E-state index in [-0.39, 0.29) is 29.0 Å². The third-order valence-electron chi connectivity index (χ3n) is 6.89. The second-order valence-electron chi connectivity index (χ2n) is 10.5. The number of rotatable bonds is 13. The van der Waals surface area contributed by atoms with E-state index in [1.54, 1.807) is 30.3 Å². The highest BCUT2D eigenvalue weighted by Crippen LogP contribution is 2.33. The molecule has 1 atom stereocenters. The molecule has 8 nitrogen and oxygen atoms in total. The van der Waals surface area contributed by atoms with Gasteiger partial charge in [-0.1, -0.05) is 69.3 Å². The van der Waals surface area contributed by atoms with Crippen LogP contribution in [-0.4, -0.2) is 51.4 Å². The molecule has 0 spiro atoms. The van der Waals surface area contributed by atoms with Gasteiger partial charge in [-0.15, -0.1) is 0 Å². The highest BCUT2D eigenvalue weighted by molar-refractivity contribution is 7.92. The summed E-state index contributed by atoms with van der Waals surface area (Å²) < 4.78 is 34.7. The van der Waals surface area contributed by atoms with Crippen molar-refractivity contribution in [2.75, 3.05) is 24.5 Å². The van der Waals surface area contributed by atoms with Gasteiger partial charge in [0.15, 0.2) is 0 Å². The summed E-state index contributed by atoms with van der Waals surface area (Å²) in [5.41, 5.74) is 2.90. The van der Waals surface area contributed by atoms with Crippen LogP contribution in [-0.2, 0) is 26.2 Å². The molecule has 0 aliphatic heterocycles. The number of amides is 2. The average Bonchev–Trinajstić information content (AvgIpc) is 2.95. The maximum Gasteiger partial charge on any atom is 0.264 e. The number of hydrogen-bond donors (Lipinski definition) is 1. The standard InChI is InChI=1S/C32H41N3O5S/c1-7-28(32(37)33-20-23(2)3)34(21-26-14-12-11-13-25(26)5)31(36)22-35(29-19-24(4)17-18-30(29)40-6)41(38,39)27-15-9-8-10-16-27/h8-19,23,28H,7,20-22H2,1-6H3,(H,33,37)/t28-/m0/s1. The molecule has 0 unspecified atom stereocenters. The molecule has 3 aromatic rings. The Hall–Kier alpha value is -3.85. The Balaban J connectivity index is 2.11. The van der Waals surface area contributed by atoms with Crippen LogP contribution in [0.15, 0.2) is 77.7 Å². The number of anilines is 1. The molecule has 3 aromatic carbocycles. The molecule has 2 amide bonds. The molecule has 0 heterocycles. The van der Waals surface area contributed by atoms with E-state index in [1.807, 2.05) is 65.0 Å². The summed E-state index contributed by atoms with van der Waals surface area (Å²) in [5.74, 6) is -0.219. The highest BCUT2D eigenvalue weighted by Gasteiger charge is 2.35. The second-order valence-corrected chi connectivity index (χ2v) is 12.4. The van der Waals surface area contributed by atoms with E-state index in [4.69, 9.17) is 4.74 Å². The Bertz CT molecular complexity index is 1440. The van der Waals surface area contributed by atoms with Crippen LogP contribution < -0.4 is 14.4 Å². The fraction of sp³-hybridized carbons (Fsp3) is 0.375. The van der Waals surface area contributed by atoms with Crippen molar-refractivity contribution in [1.82, 2.24) is 10.2 Å². The van der Waals surface area contributed by atoms with Crippen LogP contribution in [0.5, 0.6) is 5.75 Å². The van der Waals surface area contributed by atoms with Crippen molar-refractivity contribution in [3.05, 3.63) is 89.5 Å². The molecule has 3 rings (SSSR count). The number of carbonyl (C=O) groups is 2. The monoisotopic (exact) mass is 579 g/mol. The lowest BCUT2D eigenvalue weighted by atomic mass is 10.1. The Morgan fingerprint density at radius 1 is 0.951 bits per heavy atom. The second kappa shape index (κ2) is 14.2. The number of carbonyl (C=O) groups excluding carboxylic acids is 2. The van der Waals surface area contributed by atoms with Crippen molar-refractivity contribution in [2.45, 2.75) is 58.5 Å². The van der Waals surface area contributed by atoms with Crippen LogP contribution in [0.1, 0.15) is 43.9 Å². The van der Waals surface area contributed by atoms with E-state index >= 15 is 0 Å². The molecule has 9 heteroatoms. The predicted molar refractivity (Wildman–Crippen MR) is 162 cm³/mol. The molecular weight excluding hydrogens is 538 g/mol. The maximum absolute atomic E-state index is 14.2. The predicted octanol–water partition coefficient (Wildman–Crippen LogP) is 5.09. The zero-order valence-corrected chi connectivity index (χ0v) is 25.6. The van der Waals surface area contributed by atoms with E-state index in [9.17, 15) is 18.0 Å². The van der Waals surface area contributed by atoms with E-state index < -0.39 is 28.5 Å². The summed E-state index contributed by atoms with van der Waals surface area (Å²) in [6.07, 6.45) is 0.362. The molecule has 0 bridgehead atoms. The maximum atomic E-state index is 14.2. The van der Waals surface area contributed by atoms with Crippen LogP contribution in [0.4, 0.5) is 5.69 Å². The number of aryl methyl sites for hydroxylation is 2. The first kappa shape index (κ1) is 31.7. The quantitative estimate of drug-likeness (QED) is 0.305. The minimum Gasteiger partial charge on any atom is -0.495 e. The summed E-state index contributed by atoms with van der Waals surface area (Å²) in [6.45, 7) is 9.74. The van der Waals surface area contributed by atoms with E-state index in [0.29, 0.717) is 18.7 Å². The fourth-order valence-electron chi connectivity index (χ4n) is 4.54. The normalized spacial score (nSPS) is 12.1. The van der Waals surface area contributed by atoms with Gasteiger partial charge in [0.05, 0.1) is 17.7 Å². The summed E-state index contributed by atoms with van der Waals surface area (Å²) in [7, 11) is -2.72. The van der Waals surface area contributed by atoms with Gasteiger partial charge in [-0.3, -0.25) is 13.9 Å². The molecule has 0 aromatic heterocycles. The first-order chi connectivity index (χ1) is 19.5. The van der Waals surface area contributed by atoms with Crippen LogP contribution in [0.3, 0.4) is 0 Å². The zero-order chi connectivity index (χ0) is 30.2. The highest BCUT2D eigenvalue weighted by atomic mass is 32.2. The molecule has 41 heavy (non-hydrogen) atoms. The Morgan fingerprint density at radius 2 is 1.61 bits per heavy atom. The molecule has 220 valence electrons. The van der Waals surface area contributed by atoms with Crippen molar-refractivity contribution >= 4 is 27.5 Å². The summed E-state index contributed by atoms with van der Waals surface area (Å²) >= 11 is 0. The average molecular weight is 580 g/mol. The molecule has 0 fully saturated rings. The third-order valence-corrected chi connectivity index (χ3v) is 8.66. The van der Waals surface area contributed by atoms with Crippen LogP contribution >= 0.6 is 0 Å². The lowest BCUT2D eigenvalue weighted by Crippen LogP contribution is -2.52. The van der Waals surface area contributed by atoms with Crippen LogP contribution in [0.25, 0.3) is 0 Å². The number of sulfonamides is 1. The van der Waals surface area contributed by atoms with Gasteiger partial charge in [-0.2, -0.15) is 0 Å². The first-order valence-corrected chi connectivity index (χ1v) is 15.3. The number of ether oxygens (including phenoxy) is 1. The minimum absolute atomic E-state index is 0.0449. The summed E-state index contributed by atoms with van der Waals surface area (Å²) in [4.78, 5) is 29.1.